The Kier molecular flexibility index (Phi) is 5.46. The van der Waals surface area contributed by atoms with Crippen molar-refractivity contribution >= 4 is 0 Å². The summed E-state index contributed by atoms with van der Waals surface area (Å²) in [7, 11) is 2.09. The third-order valence-electron chi connectivity index (χ3n) is 4.99. The lowest BCUT2D eigenvalue weighted by Gasteiger charge is -2.43. The highest BCUT2D eigenvalue weighted by molar-refractivity contribution is 4.88. The maximum Gasteiger partial charge on any atom is 0.0460 e. The van der Waals surface area contributed by atoms with Crippen LogP contribution in [0.15, 0.2) is 0 Å². The van der Waals surface area contributed by atoms with E-state index in [1.807, 2.05) is 0 Å². The average Bonchev–Trinajstić information content (AvgIpc) is 2.41. The summed E-state index contributed by atoms with van der Waals surface area (Å²) in [5, 5.41) is 12.6. The second-order valence-electron chi connectivity index (χ2n) is 6.49. The van der Waals surface area contributed by atoms with Crippen LogP contribution in [0.5, 0.6) is 0 Å². The second-order valence-corrected chi connectivity index (χ2v) is 6.49. The summed E-state index contributed by atoms with van der Waals surface area (Å²) in [6, 6.07) is 0. The molecular formula is C15H30N2O. The molecular weight excluding hydrogens is 224 g/mol. The molecule has 1 saturated carbocycles. The predicted octanol–water partition coefficient (Wildman–Crippen LogP) is 1.86. The number of aliphatic hydroxyl groups excluding tert-OH is 1. The van der Waals surface area contributed by atoms with Crippen molar-refractivity contribution in [3.63, 3.8) is 0 Å². The van der Waals surface area contributed by atoms with Gasteiger partial charge in [-0.2, -0.15) is 0 Å². The van der Waals surface area contributed by atoms with Crippen LogP contribution in [-0.2, 0) is 0 Å². The normalized spacial score (nSPS) is 26.3. The minimum Gasteiger partial charge on any atom is -0.396 e. The van der Waals surface area contributed by atoms with Crippen LogP contribution >= 0.6 is 0 Å². The lowest BCUT2D eigenvalue weighted by Crippen LogP contribution is -2.47. The van der Waals surface area contributed by atoms with E-state index in [9.17, 15) is 5.11 Å². The number of aliphatic hydroxyl groups is 1. The van der Waals surface area contributed by atoms with Crippen LogP contribution in [0.1, 0.15) is 44.9 Å². The van der Waals surface area contributed by atoms with Crippen molar-refractivity contribution in [3.8, 4) is 0 Å². The molecule has 0 aromatic rings. The molecule has 0 radical (unpaired) electrons. The van der Waals surface area contributed by atoms with Crippen LogP contribution in [0.4, 0.5) is 0 Å². The van der Waals surface area contributed by atoms with E-state index in [-0.39, 0.29) is 0 Å². The zero-order chi connectivity index (χ0) is 12.8. The quantitative estimate of drug-likeness (QED) is 0.786. The Hall–Kier alpha value is -0.120. The van der Waals surface area contributed by atoms with Gasteiger partial charge in [-0.1, -0.05) is 19.3 Å². The molecule has 1 heterocycles. The molecule has 1 aliphatic carbocycles. The minimum atomic E-state index is 0.384. The highest BCUT2D eigenvalue weighted by atomic mass is 16.3. The lowest BCUT2D eigenvalue weighted by molar-refractivity contribution is 0.0671. The molecule has 0 amide bonds. The van der Waals surface area contributed by atoms with Gasteiger partial charge in [0.1, 0.15) is 0 Å². The number of hydrogen-bond acceptors (Lipinski definition) is 3. The van der Waals surface area contributed by atoms with Gasteiger partial charge >= 0.3 is 0 Å². The first-order valence-electron chi connectivity index (χ1n) is 7.76. The first kappa shape index (κ1) is 14.3. The summed E-state index contributed by atoms with van der Waals surface area (Å²) in [6.07, 6.45) is 9.42. The first-order valence-corrected chi connectivity index (χ1v) is 7.76. The maximum absolute atomic E-state index is 9.21. The van der Waals surface area contributed by atoms with Gasteiger partial charge in [0, 0.05) is 19.7 Å². The second kappa shape index (κ2) is 6.88. The number of hydrogen-bond donors (Lipinski definition) is 2. The van der Waals surface area contributed by atoms with Crippen LogP contribution in [-0.4, -0.2) is 49.8 Å². The van der Waals surface area contributed by atoms with Crippen molar-refractivity contribution in [2.45, 2.75) is 44.9 Å². The van der Waals surface area contributed by atoms with E-state index < -0.39 is 0 Å². The monoisotopic (exact) mass is 254 g/mol. The standard InChI is InChI=1S/C15H30N2O/c1-16-12-15(7-3-2-4-8-15)13-17-9-5-14(11-18)6-10-17/h14,16,18H,2-13H2,1H3. The summed E-state index contributed by atoms with van der Waals surface area (Å²) in [4.78, 5) is 2.65. The van der Waals surface area contributed by atoms with Gasteiger partial charge in [-0.25, -0.2) is 0 Å². The maximum atomic E-state index is 9.21. The van der Waals surface area contributed by atoms with E-state index in [0.717, 1.165) is 0 Å². The Labute approximate surface area is 112 Å². The van der Waals surface area contributed by atoms with Gasteiger partial charge in [0.15, 0.2) is 0 Å². The Balaban J connectivity index is 1.85. The molecule has 3 heteroatoms. The zero-order valence-electron chi connectivity index (χ0n) is 12.0. The SMILES string of the molecule is CNCC1(CN2CCC(CO)CC2)CCCCC1. The fourth-order valence-corrected chi connectivity index (χ4v) is 3.87. The molecule has 2 aliphatic rings. The number of likely N-dealkylation sites (tertiary alicyclic amines) is 1. The topological polar surface area (TPSA) is 35.5 Å². The highest BCUT2D eigenvalue weighted by Crippen LogP contribution is 2.37. The molecule has 1 aliphatic heterocycles. The number of piperidine rings is 1. The fourth-order valence-electron chi connectivity index (χ4n) is 3.87. The van der Waals surface area contributed by atoms with Crippen molar-refractivity contribution in [1.82, 2.24) is 10.2 Å². The molecule has 106 valence electrons. The van der Waals surface area contributed by atoms with Gasteiger partial charge < -0.3 is 15.3 Å². The van der Waals surface area contributed by atoms with Crippen LogP contribution in [0.3, 0.4) is 0 Å². The lowest BCUT2D eigenvalue weighted by atomic mass is 9.73. The Morgan fingerprint density at radius 1 is 1.17 bits per heavy atom. The fraction of sp³-hybridized carbons (Fsp3) is 1.00. The number of nitrogens with zero attached hydrogens (tertiary/aromatic N) is 1. The molecule has 0 bridgehead atoms. The summed E-state index contributed by atoms with van der Waals surface area (Å²) in [6.45, 7) is 5.21. The van der Waals surface area contributed by atoms with E-state index >= 15 is 0 Å². The van der Waals surface area contributed by atoms with Crippen molar-refractivity contribution in [2.24, 2.45) is 11.3 Å². The molecule has 2 N–H and O–H groups in total. The van der Waals surface area contributed by atoms with E-state index in [1.165, 1.54) is 71.1 Å². The third-order valence-corrected chi connectivity index (χ3v) is 4.99. The smallest absolute Gasteiger partial charge is 0.0460 e. The number of rotatable bonds is 5. The largest absolute Gasteiger partial charge is 0.396 e. The van der Waals surface area contributed by atoms with E-state index in [1.54, 1.807) is 0 Å². The molecule has 0 aromatic carbocycles. The van der Waals surface area contributed by atoms with Crippen LogP contribution < -0.4 is 5.32 Å². The molecule has 1 saturated heterocycles. The highest BCUT2D eigenvalue weighted by Gasteiger charge is 2.34. The van der Waals surface area contributed by atoms with Crippen molar-refractivity contribution in [3.05, 3.63) is 0 Å². The summed E-state index contributed by atoms with van der Waals surface area (Å²) in [5.74, 6) is 0.563. The molecule has 0 spiro atoms. The first-order chi connectivity index (χ1) is 8.78. The van der Waals surface area contributed by atoms with Gasteiger partial charge in [0.05, 0.1) is 0 Å². The van der Waals surface area contributed by atoms with E-state index in [2.05, 4.69) is 17.3 Å². The molecule has 0 atom stereocenters. The van der Waals surface area contributed by atoms with Gasteiger partial charge in [-0.3, -0.25) is 0 Å². The molecule has 18 heavy (non-hydrogen) atoms. The van der Waals surface area contributed by atoms with Gasteiger partial charge in [0.25, 0.3) is 0 Å². The van der Waals surface area contributed by atoms with E-state index in [0.29, 0.717) is 17.9 Å². The van der Waals surface area contributed by atoms with Crippen LogP contribution in [0.25, 0.3) is 0 Å². The molecule has 2 fully saturated rings. The molecule has 0 aromatic heterocycles. The Bertz CT molecular complexity index is 225. The Morgan fingerprint density at radius 2 is 1.83 bits per heavy atom. The van der Waals surface area contributed by atoms with E-state index in [4.69, 9.17) is 0 Å². The predicted molar refractivity (Wildman–Crippen MR) is 75.7 cm³/mol. The Morgan fingerprint density at radius 3 is 2.39 bits per heavy atom. The summed E-state index contributed by atoms with van der Waals surface area (Å²) in [5.41, 5.74) is 0.527. The zero-order valence-corrected chi connectivity index (χ0v) is 12.0. The van der Waals surface area contributed by atoms with Crippen LogP contribution in [0.2, 0.25) is 0 Å². The molecule has 2 rings (SSSR count). The third kappa shape index (κ3) is 3.69. The minimum absolute atomic E-state index is 0.384. The number of nitrogens with one attached hydrogen (secondary N) is 1. The van der Waals surface area contributed by atoms with Crippen LogP contribution in [0, 0.1) is 11.3 Å². The molecule has 3 nitrogen and oxygen atoms in total. The van der Waals surface area contributed by atoms with Gasteiger partial charge in [0.2, 0.25) is 0 Å². The molecule has 0 unspecified atom stereocenters. The van der Waals surface area contributed by atoms with Crippen molar-refractivity contribution in [1.29, 1.82) is 0 Å². The summed E-state index contributed by atoms with van der Waals surface area (Å²) >= 11 is 0. The van der Waals surface area contributed by atoms with Crippen molar-refractivity contribution < 1.29 is 5.11 Å². The summed E-state index contributed by atoms with van der Waals surface area (Å²) < 4.78 is 0. The van der Waals surface area contributed by atoms with Gasteiger partial charge in [-0.05, 0) is 57.2 Å². The average molecular weight is 254 g/mol. The van der Waals surface area contributed by atoms with Gasteiger partial charge in [-0.15, -0.1) is 0 Å². The van der Waals surface area contributed by atoms with Crippen molar-refractivity contribution in [2.75, 3.05) is 39.8 Å².